The van der Waals surface area contributed by atoms with E-state index in [2.05, 4.69) is 19.2 Å². The zero-order valence-electron chi connectivity index (χ0n) is 14.1. The third-order valence-electron chi connectivity index (χ3n) is 4.97. The van der Waals surface area contributed by atoms with Crippen LogP contribution in [0.1, 0.15) is 27.2 Å². The second-order valence-corrected chi connectivity index (χ2v) is 6.91. The highest BCUT2D eigenvalue weighted by molar-refractivity contribution is 5.99. The van der Waals surface area contributed by atoms with E-state index < -0.39 is 0 Å². The van der Waals surface area contributed by atoms with Crippen LogP contribution in [0.15, 0.2) is 24.3 Å². The first kappa shape index (κ1) is 15.8. The molecule has 124 valence electrons. The Kier molecular flexibility index (Phi) is 4.28. The third kappa shape index (κ3) is 3.05. The molecule has 1 aromatic rings. The van der Waals surface area contributed by atoms with Crippen LogP contribution in [0.4, 0.5) is 11.4 Å². The van der Waals surface area contributed by atoms with Gasteiger partial charge in [0.05, 0.1) is 17.3 Å². The number of carbonyl (C=O) groups is 2. The van der Waals surface area contributed by atoms with Crippen LogP contribution in [0, 0.1) is 11.8 Å². The number of rotatable bonds is 2. The normalized spacial score (nSPS) is 23.7. The van der Waals surface area contributed by atoms with Crippen molar-refractivity contribution in [2.75, 3.05) is 29.9 Å². The average molecular weight is 315 g/mol. The number of hydrogen-bond acceptors (Lipinski definition) is 3. The number of anilines is 2. The van der Waals surface area contributed by atoms with E-state index in [4.69, 9.17) is 0 Å². The zero-order valence-corrected chi connectivity index (χ0v) is 14.1. The minimum atomic E-state index is -0.0853. The number of benzene rings is 1. The van der Waals surface area contributed by atoms with Gasteiger partial charge in [0.1, 0.15) is 0 Å². The number of para-hydroxylation sites is 2. The number of amides is 2. The van der Waals surface area contributed by atoms with Gasteiger partial charge in [-0.3, -0.25) is 9.59 Å². The van der Waals surface area contributed by atoms with Crippen molar-refractivity contribution < 1.29 is 9.59 Å². The number of likely N-dealkylation sites (tertiary alicyclic amines) is 1. The fourth-order valence-corrected chi connectivity index (χ4v) is 3.43. The van der Waals surface area contributed by atoms with Gasteiger partial charge in [0.25, 0.3) is 0 Å². The third-order valence-corrected chi connectivity index (χ3v) is 4.97. The summed E-state index contributed by atoms with van der Waals surface area (Å²) in [4.78, 5) is 28.3. The Labute approximate surface area is 137 Å². The topological polar surface area (TPSA) is 52.7 Å². The Hall–Kier alpha value is -2.04. The van der Waals surface area contributed by atoms with Gasteiger partial charge in [-0.2, -0.15) is 0 Å². The lowest BCUT2D eigenvalue weighted by Crippen LogP contribution is -2.49. The van der Waals surface area contributed by atoms with Gasteiger partial charge in [0, 0.05) is 32.6 Å². The molecule has 2 heterocycles. The quantitative estimate of drug-likeness (QED) is 0.911. The SMILES string of the molecule is CC(=O)N1CC[C@H](C(=O)N2C[C@@H](C(C)C)Nc3ccccc32)C1. The first-order valence-electron chi connectivity index (χ1n) is 8.40. The van der Waals surface area contributed by atoms with Gasteiger partial charge >= 0.3 is 0 Å². The Morgan fingerprint density at radius 3 is 2.61 bits per heavy atom. The monoisotopic (exact) mass is 315 g/mol. The standard InChI is InChI=1S/C18H25N3O2/c1-12(2)16-11-21(17-7-5-4-6-15(17)19-16)18(23)14-8-9-20(10-14)13(3)22/h4-7,12,14,16,19H,8-11H2,1-3H3/t14-,16-/m0/s1. The summed E-state index contributed by atoms with van der Waals surface area (Å²) in [6.45, 7) is 7.83. The van der Waals surface area contributed by atoms with Crippen LogP contribution in [0.5, 0.6) is 0 Å². The van der Waals surface area contributed by atoms with Gasteiger partial charge in [0.15, 0.2) is 0 Å². The van der Waals surface area contributed by atoms with Crippen molar-refractivity contribution in [2.45, 2.75) is 33.2 Å². The van der Waals surface area contributed by atoms with Gasteiger partial charge in [-0.25, -0.2) is 0 Å². The maximum Gasteiger partial charge on any atom is 0.232 e. The fraction of sp³-hybridized carbons (Fsp3) is 0.556. The average Bonchev–Trinajstić information content (AvgIpc) is 3.03. The maximum atomic E-state index is 13.1. The molecule has 1 saturated heterocycles. The molecule has 2 aliphatic rings. The summed E-state index contributed by atoms with van der Waals surface area (Å²) < 4.78 is 0. The molecule has 0 bridgehead atoms. The summed E-state index contributed by atoms with van der Waals surface area (Å²) in [6, 6.07) is 8.23. The van der Waals surface area contributed by atoms with Crippen molar-refractivity contribution in [3.8, 4) is 0 Å². The van der Waals surface area contributed by atoms with Gasteiger partial charge in [-0.05, 0) is 24.5 Å². The van der Waals surface area contributed by atoms with Crippen LogP contribution >= 0.6 is 0 Å². The lowest BCUT2D eigenvalue weighted by atomic mass is 9.98. The van der Waals surface area contributed by atoms with E-state index >= 15 is 0 Å². The van der Waals surface area contributed by atoms with E-state index in [0.717, 1.165) is 17.8 Å². The van der Waals surface area contributed by atoms with E-state index in [1.54, 1.807) is 11.8 Å². The summed E-state index contributed by atoms with van der Waals surface area (Å²) >= 11 is 0. The largest absolute Gasteiger partial charge is 0.379 e. The summed E-state index contributed by atoms with van der Waals surface area (Å²) in [7, 11) is 0. The Morgan fingerprint density at radius 2 is 1.96 bits per heavy atom. The summed E-state index contributed by atoms with van der Waals surface area (Å²) in [5.41, 5.74) is 1.97. The first-order valence-corrected chi connectivity index (χ1v) is 8.40. The molecule has 0 spiro atoms. The van der Waals surface area contributed by atoms with Crippen LogP contribution in [-0.2, 0) is 9.59 Å². The van der Waals surface area contributed by atoms with Crippen LogP contribution in [0.2, 0.25) is 0 Å². The fourth-order valence-electron chi connectivity index (χ4n) is 3.43. The molecule has 23 heavy (non-hydrogen) atoms. The molecule has 1 N–H and O–H groups in total. The van der Waals surface area contributed by atoms with E-state index in [1.807, 2.05) is 29.2 Å². The predicted octanol–water partition coefficient (Wildman–Crippen LogP) is 2.34. The number of nitrogens with zero attached hydrogens (tertiary/aromatic N) is 2. The highest BCUT2D eigenvalue weighted by Gasteiger charge is 2.36. The molecule has 5 heteroatoms. The van der Waals surface area contributed by atoms with Crippen molar-refractivity contribution in [3.05, 3.63) is 24.3 Å². The molecule has 2 amide bonds. The molecule has 0 saturated carbocycles. The van der Waals surface area contributed by atoms with Gasteiger partial charge in [-0.15, -0.1) is 0 Å². The maximum absolute atomic E-state index is 13.1. The van der Waals surface area contributed by atoms with Gasteiger partial charge in [0.2, 0.25) is 11.8 Å². The van der Waals surface area contributed by atoms with Gasteiger partial charge < -0.3 is 15.1 Å². The molecular formula is C18H25N3O2. The highest BCUT2D eigenvalue weighted by atomic mass is 16.2. The van der Waals surface area contributed by atoms with Crippen LogP contribution in [-0.4, -0.2) is 42.4 Å². The number of nitrogens with one attached hydrogen (secondary N) is 1. The predicted molar refractivity (Wildman–Crippen MR) is 91.4 cm³/mol. The van der Waals surface area contributed by atoms with Crippen molar-refractivity contribution in [3.63, 3.8) is 0 Å². The van der Waals surface area contributed by atoms with E-state index in [9.17, 15) is 9.59 Å². The van der Waals surface area contributed by atoms with Crippen molar-refractivity contribution >= 4 is 23.2 Å². The molecule has 2 atom stereocenters. The summed E-state index contributed by atoms with van der Waals surface area (Å²) in [5.74, 6) is 0.559. The van der Waals surface area contributed by atoms with Crippen molar-refractivity contribution in [1.82, 2.24) is 4.90 Å². The highest BCUT2D eigenvalue weighted by Crippen LogP contribution is 2.34. The number of carbonyl (C=O) groups excluding carboxylic acids is 2. The molecular weight excluding hydrogens is 290 g/mol. The number of fused-ring (bicyclic) bond motifs is 1. The molecule has 2 aliphatic heterocycles. The van der Waals surface area contributed by atoms with Crippen molar-refractivity contribution in [2.24, 2.45) is 11.8 Å². The Balaban J connectivity index is 1.83. The van der Waals surface area contributed by atoms with Crippen LogP contribution in [0.3, 0.4) is 0 Å². The summed E-state index contributed by atoms with van der Waals surface area (Å²) in [5, 5.41) is 3.54. The van der Waals surface area contributed by atoms with Crippen LogP contribution < -0.4 is 10.2 Å². The van der Waals surface area contributed by atoms with Gasteiger partial charge in [-0.1, -0.05) is 26.0 Å². The smallest absolute Gasteiger partial charge is 0.232 e. The first-order chi connectivity index (χ1) is 11.0. The molecule has 0 radical (unpaired) electrons. The van der Waals surface area contributed by atoms with E-state index in [0.29, 0.717) is 25.6 Å². The molecule has 1 fully saturated rings. The lowest BCUT2D eigenvalue weighted by molar-refractivity contribution is -0.128. The molecule has 3 rings (SSSR count). The minimum Gasteiger partial charge on any atom is -0.379 e. The molecule has 0 aromatic heterocycles. The second-order valence-electron chi connectivity index (χ2n) is 6.91. The lowest BCUT2D eigenvalue weighted by Gasteiger charge is -2.38. The number of hydrogen-bond donors (Lipinski definition) is 1. The minimum absolute atomic E-state index is 0.0565. The second kappa shape index (κ2) is 6.22. The molecule has 1 aromatic carbocycles. The molecule has 0 unspecified atom stereocenters. The van der Waals surface area contributed by atoms with E-state index in [-0.39, 0.29) is 23.8 Å². The summed E-state index contributed by atoms with van der Waals surface area (Å²) in [6.07, 6.45) is 0.761. The van der Waals surface area contributed by atoms with E-state index in [1.165, 1.54) is 0 Å². The Bertz CT molecular complexity index is 614. The molecule has 5 nitrogen and oxygen atoms in total. The van der Waals surface area contributed by atoms with Crippen molar-refractivity contribution in [1.29, 1.82) is 0 Å². The Morgan fingerprint density at radius 1 is 1.22 bits per heavy atom. The molecule has 0 aliphatic carbocycles. The van der Waals surface area contributed by atoms with Crippen LogP contribution in [0.25, 0.3) is 0 Å². The zero-order chi connectivity index (χ0) is 16.6.